The number of anilines is 1. The maximum Gasteiger partial charge on any atom is 0.263 e. The number of nitriles is 1. The molecule has 0 fully saturated rings. The summed E-state index contributed by atoms with van der Waals surface area (Å²) < 4.78 is 28.7. The van der Waals surface area contributed by atoms with Gasteiger partial charge in [-0.05, 0) is 18.2 Å². The second-order valence-corrected chi connectivity index (χ2v) is 6.30. The summed E-state index contributed by atoms with van der Waals surface area (Å²) in [6, 6.07) is 8.17. The van der Waals surface area contributed by atoms with E-state index in [1.54, 1.807) is 19.2 Å². The SMILES string of the molecule is Cn1ncc(C#N)c1NS(=O)(=O)c1cccc(Br)c1. The van der Waals surface area contributed by atoms with Crippen molar-refractivity contribution >= 4 is 31.8 Å². The van der Waals surface area contributed by atoms with Gasteiger partial charge in [-0.15, -0.1) is 0 Å². The van der Waals surface area contributed by atoms with Crippen LogP contribution in [0.25, 0.3) is 0 Å². The first-order valence-corrected chi connectivity index (χ1v) is 7.42. The molecule has 8 heteroatoms. The van der Waals surface area contributed by atoms with E-state index in [1.807, 2.05) is 6.07 Å². The highest BCUT2D eigenvalue weighted by molar-refractivity contribution is 9.10. The van der Waals surface area contributed by atoms with Crippen LogP contribution in [0.3, 0.4) is 0 Å². The van der Waals surface area contributed by atoms with Crippen molar-refractivity contribution in [2.45, 2.75) is 4.90 Å². The Bertz CT molecular complexity index is 761. The van der Waals surface area contributed by atoms with Crippen LogP contribution < -0.4 is 4.72 Å². The van der Waals surface area contributed by atoms with Gasteiger partial charge in [0.1, 0.15) is 11.6 Å². The van der Waals surface area contributed by atoms with Crippen molar-refractivity contribution in [1.29, 1.82) is 5.26 Å². The topological polar surface area (TPSA) is 87.8 Å². The molecule has 98 valence electrons. The van der Waals surface area contributed by atoms with Crippen LogP contribution in [0.15, 0.2) is 39.8 Å². The molecular formula is C11H9BrN4O2S. The van der Waals surface area contributed by atoms with Gasteiger partial charge in [-0.2, -0.15) is 10.4 Å². The van der Waals surface area contributed by atoms with Crippen molar-refractivity contribution in [1.82, 2.24) is 9.78 Å². The van der Waals surface area contributed by atoms with Crippen LogP contribution in [-0.4, -0.2) is 18.2 Å². The van der Waals surface area contributed by atoms with E-state index in [1.165, 1.54) is 23.0 Å². The first-order chi connectivity index (χ1) is 8.94. The van der Waals surface area contributed by atoms with Crippen molar-refractivity contribution in [3.05, 3.63) is 40.5 Å². The molecule has 0 saturated heterocycles. The molecule has 1 aromatic carbocycles. The summed E-state index contributed by atoms with van der Waals surface area (Å²) in [5, 5.41) is 12.7. The van der Waals surface area contributed by atoms with Gasteiger partial charge >= 0.3 is 0 Å². The fourth-order valence-electron chi connectivity index (χ4n) is 1.46. The largest absolute Gasteiger partial charge is 0.263 e. The summed E-state index contributed by atoms with van der Waals surface area (Å²) in [6.07, 6.45) is 1.30. The number of hydrogen-bond donors (Lipinski definition) is 1. The predicted octanol–water partition coefficient (Wildman–Crippen LogP) is 1.86. The zero-order chi connectivity index (χ0) is 14.0. The van der Waals surface area contributed by atoms with Gasteiger partial charge in [0.2, 0.25) is 0 Å². The number of nitrogens with zero attached hydrogens (tertiary/aromatic N) is 3. The zero-order valence-corrected chi connectivity index (χ0v) is 12.2. The average Bonchev–Trinajstić information content (AvgIpc) is 2.70. The van der Waals surface area contributed by atoms with Gasteiger partial charge in [0, 0.05) is 11.5 Å². The van der Waals surface area contributed by atoms with Crippen molar-refractivity contribution < 1.29 is 8.42 Å². The smallest absolute Gasteiger partial charge is 0.262 e. The van der Waals surface area contributed by atoms with Gasteiger partial charge in [-0.3, -0.25) is 9.40 Å². The first kappa shape index (κ1) is 13.6. The number of hydrogen-bond acceptors (Lipinski definition) is 4. The van der Waals surface area contributed by atoms with Crippen LogP contribution in [0.4, 0.5) is 5.82 Å². The van der Waals surface area contributed by atoms with Crippen molar-refractivity contribution in [3.63, 3.8) is 0 Å². The van der Waals surface area contributed by atoms with Crippen LogP contribution >= 0.6 is 15.9 Å². The average molecular weight is 341 g/mol. The molecule has 1 aromatic heterocycles. The quantitative estimate of drug-likeness (QED) is 0.923. The Morgan fingerprint density at radius 3 is 2.84 bits per heavy atom. The molecular weight excluding hydrogens is 332 g/mol. The fourth-order valence-corrected chi connectivity index (χ4v) is 3.17. The van der Waals surface area contributed by atoms with Gasteiger partial charge in [0.05, 0.1) is 11.1 Å². The lowest BCUT2D eigenvalue weighted by Crippen LogP contribution is -2.16. The minimum Gasteiger partial charge on any atom is -0.262 e. The number of sulfonamides is 1. The molecule has 19 heavy (non-hydrogen) atoms. The molecule has 0 atom stereocenters. The number of nitrogens with one attached hydrogen (secondary N) is 1. The van der Waals surface area contributed by atoms with Gasteiger partial charge in [-0.1, -0.05) is 22.0 Å². The number of rotatable bonds is 3. The molecule has 1 N–H and O–H groups in total. The Kier molecular flexibility index (Phi) is 3.59. The summed E-state index contributed by atoms with van der Waals surface area (Å²) in [7, 11) is -2.20. The second kappa shape index (κ2) is 5.03. The molecule has 0 bridgehead atoms. The van der Waals surface area contributed by atoms with E-state index in [2.05, 4.69) is 25.8 Å². The summed E-state index contributed by atoms with van der Waals surface area (Å²) in [4.78, 5) is 0.104. The lowest BCUT2D eigenvalue weighted by Gasteiger charge is -2.08. The minimum absolute atomic E-state index is 0.104. The molecule has 0 aliphatic carbocycles. The Balaban J connectivity index is 2.43. The molecule has 0 unspecified atom stereocenters. The van der Waals surface area contributed by atoms with E-state index in [-0.39, 0.29) is 16.3 Å². The van der Waals surface area contributed by atoms with E-state index in [9.17, 15) is 8.42 Å². The summed E-state index contributed by atoms with van der Waals surface area (Å²) in [6.45, 7) is 0. The molecule has 0 aliphatic rings. The highest BCUT2D eigenvalue weighted by Crippen LogP contribution is 2.21. The highest BCUT2D eigenvalue weighted by Gasteiger charge is 2.18. The molecule has 2 rings (SSSR count). The zero-order valence-electron chi connectivity index (χ0n) is 9.83. The second-order valence-electron chi connectivity index (χ2n) is 3.71. The summed E-state index contributed by atoms with van der Waals surface area (Å²) in [5.74, 6) is 0.141. The third-order valence-electron chi connectivity index (χ3n) is 2.40. The third kappa shape index (κ3) is 2.77. The van der Waals surface area contributed by atoms with Crippen molar-refractivity contribution in [2.75, 3.05) is 4.72 Å². The van der Waals surface area contributed by atoms with Crippen LogP contribution in [0, 0.1) is 11.3 Å². The van der Waals surface area contributed by atoms with Crippen LogP contribution in [-0.2, 0) is 17.1 Å². The maximum atomic E-state index is 12.2. The molecule has 1 heterocycles. The monoisotopic (exact) mass is 340 g/mol. The fraction of sp³-hybridized carbons (Fsp3) is 0.0909. The molecule has 6 nitrogen and oxygen atoms in total. The molecule has 0 saturated carbocycles. The van der Waals surface area contributed by atoms with E-state index in [0.29, 0.717) is 4.47 Å². The first-order valence-electron chi connectivity index (χ1n) is 5.14. The Labute approximate surface area is 118 Å². The lowest BCUT2D eigenvalue weighted by atomic mass is 10.4. The van der Waals surface area contributed by atoms with Crippen LogP contribution in [0.1, 0.15) is 5.56 Å². The van der Waals surface area contributed by atoms with E-state index >= 15 is 0 Å². The van der Waals surface area contributed by atoms with Crippen molar-refractivity contribution in [2.24, 2.45) is 7.05 Å². The number of benzene rings is 1. The molecule has 0 aliphatic heterocycles. The van der Waals surface area contributed by atoms with E-state index < -0.39 is 10.0 Å². The number of halogens is 1. The normalized spacial score (nSPS) is 11.0. The number of aryl methyl sites for hydroxylation is 1. The highest BCUT2D eigenvalue weighted by atomic mass is 79.9. The predicted molar refractivity (Wildman–Crippen MR) is 72.9 cm³/mol. The van der Waals surface area contributed by atoms with E-state index in [4.69, 9.17) is 5.26 Å². The van der Waals surface area contributed by atoms with Gasteiger partial charge in [0.15, 0.2) is 5.82 Å². The Morgan fingerprint density at radius 1 is 1.47 bits per heavy atom. The molecule has 2 aromatic rings. The molecule has 0 spiro atoms. The third-order valence-corrected chi connectivity index (χ3v) is 4.23. The standard InChI is InChI=1S/C11H9BrN4O2S/c1-16-11(8(6-13)7-14-16)15-19(17,18)10-4-2-3-9(12)5-10/h2-5,7,15H,1H3. The van der Waals surface area contributed by atoms with Gasteiger partial charge in [-0.25, -0.2) is 8.42 Å². The van der Waals surface area contributed by atoms with Gasteiger partial charge < -0.3 is 0 Å². The minimum atomic E-state index is -3.75. The summed E-state index contributed by atoms with van der Waals surface area (Å²) in [5.41, 5.74) is 0.168. The van der Waals surface area contributed by atoms with Crippen LogP contribution in [0.5, 0.6) is 0 Å². The van der Waals surface area contributed by atoms with E-state index in [0.717, 1.165) is 0 Å². The number of aromatic nitrogens is 2. The summed E-state index contributed by atoms with van der Waals surface area (Å²) >= 11 is 3.21. The Hall–Kier alpha value is -1.85. The van der Waals surface area contributed by atoms with Crippen LogP contribution in [0.2, 0.25) is 0 Å². The van der Waals surface area contributed by atoms with Crippen molar-refractivity contribution in [3.8, 4) is 6.07 Å². The van der Waals surface area contributed by atoms with Gasteiger partial charge in [0.25, 0.3) is 10.0 Å². The maximum absolute atomic E-state index is 12.2. The molecule has 0 amide bonds. The lowest BCUT2D eigenvalue weighted by molar-refractivity contribution is 0.600. The Morgan fingerprint density at radius 2 is 2.21 bits per heavy atom. The molecule has 0 radical (unpaired) electrons.